The summed E-state index contributed by atoms with van der Waals surface area (Å²) in [6.07, 6.45) is 3.08. The highest BCUT2D eigenvalue weighted by molar-refractivity contribution is 7.91. The number of nitrogens with zero attached hydrogens (tertiary/aromatic N) is 2. The van der Waals surface area contributed by atoms with Gasteiger partial charge in [0, 0.05) is 19.6 Å². The van der Waals surface area contributed by atoms with Crippen LogP contribution in [0.5, 0.6) is 5.75 Å². The van der Waals surface area contributed by atoms with Crippen molar-refractivity contribution in [3.8, 4) is 5.75 Å². The van der Waals surface area contributed by atoms with Crippen LogP contribution >= 0.6 is 0 Å². The second kappa shape index (κ2) is 8.93. The average molecular weight is 395 g/mol. The van der Waals surface area contributed by atoms with Crippen molar-refractivity contribution in [1.82, 2.24) is 15.5 Å². The molecular formula is C19H30N4O3S. The largest absolute Gasteiger partial charge is 0.497 e. The highest BCUT2D eigenvalue weighted by atomic mass is 32.2. The van der Waals surface area contributed by atoms with Gasteiger partial charge in [0.15, 0.2) is 15.8 Å². The van der Waals surface area contributed by atoms with Gasteiger partial charge in [-0.1, -0.05) is 12.1 Å². The molecule has 0 aliphatic carbocycles. The second-order valence-electron chi connectivity index (χ2n) is 7.23. The number of hydrogen-bond donors (Lipinski definition) is 2. The van der Waals surface area contributed by atoms with Crippen LogP contribution in [0.3, 0.4) is 0 Å². The lowest BCUT2D eigenvalue weighted by Crippen LogP contribution is -2.46. The Kier molecular flexibility index (Phi) is 6.59. The van der Waals surface area contributed by atoms with E-state index in [-0.39, 0.29) is 23.6 Å². The molecule has 2 aliphatic rings. The van der Waals surface area contributed by atoms with Gasteiger partial charge in [0.25, 0.3) is 0 Å². The summed E-state index contributed by atoms with van der Waals surface area (Å²) in [7, 11) is 0.485. The Balaban J connectivity index is 1.64. The number of guanidine groups is 1. The summed E-state index contributed by atoms with van der Waals surface area (Å²) >= 11 is 0. The van der Waals surface area contributed by atoms with Gasteiger partial charge in [0.1, 0.15) is 5.75 Å². The molecule has 2 unspecified atom stereocenters. The molecule has 2 atom stereocenters. The first-order valence-electron chi connectivity index (χ1n) is 9.56. The molecule has 1 aromatic rings. The van der Waals surface area contributed by atoms with Crippen LogP contribution in [0.4, 0.5) is 0 Å². The fraction of sp³-hybridized carbons (Fsp3) is 0.632. The number of ether oxygens (including phenoxy) is 1. The lowest BCUT2D eigenvalue weighted by Gasteiger charge is -2.29. The molecule has 3 rings (SSSR count). The molecule has 0 radical (unpaired) electrons. The maximum Gasteiger partial charge on any atom is 0.191 e. The third-order valence-electron chi connectivity index (χ3n) is 5.34. The van der Waals surface area contributed by atoms with Crippen LogP contribution in [-0.4, -0.2) is 70.6 Å². The predicted molar refractivity (Wildman–Crippen MR) is 108 cm³/mol. The molecule has 2 aliphatic heterocycles. The van der Waals surface area contributed by atoms with Gasteiger partial charge in [-0.2, -0.15) is 0 Å². The molecule has 0 spiro atoms. The summed E-state index contributed by atoms with van der Waals surface area (Å²) in [5.41, 5.74) is 1.24. The summed E-state index contributed by atoms with van der Waals surface area (Å²) in [5, 5.41) is 6.66. The van der Waals surface area contributed by atoms with E-state index in [2.05, 4.69) is 32.7 Å². The normalized spacial score (nSPS) is 23.9. The Morgan fingerprint density at radius 3 is 2.56 bits per heavy atom. The first-order chi connectivity index (χ1) is 13.0. The van der Waals surface area contributed by atoms with Crippen molar-refractivity contribution in [1.29, 1.82) is 0 Å². The number of nitrogens with one attached hydrogen (secondary N) is 2. The summed E-state index contributed by atoms with van der Waals surface area (Å²) in [6, 6.07) is 8.40. The molecule has 0 aromatic heterocycles. The Labute approximate surface area is 162 Å². The number of likely N-dealkylation sites (tertiary alicyclic amines) is 1. The van der Waals surface area contributed by atoms with E-state index < -0.39 is 9.84 Å². The second-order valence-corrected chi connectivity index (χ2v) is 9.46. The zero-order chi connectivity index (χ0) is 19.3. The molecule has 0 bridgehead atoms. The van der Waals surface area contributed by atoms with E-state index in [1.54, 1.807) is 14.2 Å². The summed E-state index contributed by atoms with van der Waals surface area (Å²) in [5.74, 6) is 1.95. The molecule has 0 amide bonds. The number of methoxy groups -OCH3 is 1. The SMILES string of the molecule is CN=C(NCC(c1ccc(OC)cc1)N1CCCC1)NC1CCS(=O)(=O)C1. The molecule has 2 N–H and O–H groups in total. The first-order valence-corrected chi connectivity index (χ1v) is 11.4. The number of rotatable bonds is 6. The molecule has 150 valence electrons. The fourth-order valence-corrected chi connectivity index (χ4v) is 5.50. The monoisotopic (exact) mass is 394 g/mol. The zero-order valence-electron chi connectivity index (χ0n) is 16.1. The van der Waals surface area contributed by atoms with Gasteiger partial charge in [-0.15, -0.1) is 0 Å². The van der Waals surface area contributed by atoms with E-state index in [0.717, 1.165) is 18.8 Å². The molecule has 2 fully saturated rings. The van der Waals surface area contributed by atoms with Crippen LogP contribution in [0.2, 0.25) is 0 Å². The number of sulfone groups is 1. The minimum atomic E-state index is -2.91. The van der Waals surface area contributed by atoms with Crippen molar-refractivity contribution in [2.75, 3.05) is 45.3 Å². The lowest BCUT2D eigenvalue weighted by atomic mass is 10.1. The van der Waals surface area contributed by atoms with Gasteiger partial charge in [-0.3, -0.25) is 9.89 Å². The van der Waals surface area contributed by atoms with E-state index in [1.807, 2.05) is 12.1 Å². The summed E-state index contributed by atoms with van der Waals surface area (Å²) in [4.78, 5) is 6.77. The number of benzene rings is 1. The number of aliphatic imine (C=N–C) groups is 1. The standard InChI is InChI=1S/C19H30N4O3S/c1-20-19(22-16-9-12-27(24,25)14-16)21-13-18(23-10-3-4-11-23)15-5-7-17(26-2)8-6-15/h5-8,16,18H,3-4,9-14H2,1-2H3,(H2,20,21,22). The Hall–Kier alpha value is -1.80. The Morgan fingerprint density at radius 1 is 1.30 bits per heavy atom. The maximum atomic E-state index is 11.7. The van der Waals surface area contributed by atoms with Gasteiger partial charge in [0.05, 0.1) is 24.7 Å². The van der Waals surface area contributed by atoms with Crippen molar-refractivity contribution in [2.45, 2.75) is 31.3 Å². The van der Waals surface area contributed by atoms with Crippen molar-refractivity contribution in [3.63, 3.8) is 0 Å². The molecule has 1 aromatic carbocycles. The molecule has 2 saturated heterocycles. The summed E-state index contributed by atoms with van der Waals surface area (Å²) < 4.78 is 28.6. The van der Waals surface area contributed by atoms with Crippen molar-refractivity contribution >= 4 is 15.8 Å². The zero-order valence-corrected chi connectivity index (χ0v) is 17.0. The average Bonchev–Trinajstić information content (AvgIpc) is 3.31. The molecule has 0 saturated carbocycles. The quantitative estimate of drug-likeness (QED) is 0.557. The van der Waals surface area contributed by atoms with Crippen molar-refractivity contribution in [3.05, 3.63) is 29.8 Å². The van der Waals surface area contributed by atoms with E-state index in [9.17, 15) is 8.42 Å². The van der Waals surface area contributed by atoms with Gasteiger partial charge in [-0.05, 0) is 50.0 Å². The third-order valence-corrected chi connectivity index (χ3v) is 7.11. The van der Waals surface area contributed by atoms with Crippen LogP contribution in [-0.2, 0) is 9.84 Å². The van der Waals surface area contributed by atoms with Gasteiger partial charge >= 0.3 is 0 Å². The van der Waals surface area contributed by atoms with Crippen LogP contribution in [0.15, 0.2) is 29.3 Å². The highest BCUT2D eigenvalue weighted by Crippen LogP contribution is 2.26. The van der Waals surface area contributed by atoms with Gasteiger partial charge in [-0.25, -0.2) is 8.42 Å². The van der Waals surface area contributed by atoms with Gasteiger partial charge in [0.2, 0.25) is 0 Å². The Bertz CT molecular complexity index is 743. The predicted octanol–water partition coefficient (Wildman–Crippen LogP) is 1.18. The minimum Gasteiger partial charge on any atom is -0.497 e. The maximum absolute atomic E-state index is 11.7. The van der Waals surface area contributed by atoms with Crippen LogP contribution in [0.1, 0.15) is 30.9 Å². The highest BCUT2D eigenvalue weighted by Gasteiger charge is 2.29. The van der Waals surface area contributed by atoms with E-state index in [0.29, 0.717) is 18.9 Å². The van der Waals surface area contributed by atoms with Crippen LogP contribution < -0.4 is 15.4 Å². The topological polar surface area (TPSA) is 83.0 Å². The Morgan fingerprint density at radius 2 is 2.00 bits per heavy atom. The van der Waals surface area contributed by atoms with E-state index >= 15 is 0 Å². The number of hydrogen-bond acceptors (Lipinski definition) is 5. The molecular weight excluding hydrogens is 364 g/mol. The fourth-order valence-electron chi connectivity index (χ4n) is 3.83. The van der Waals surface area contributed by atoms with E-state index in [1.165, 1.54) is 18.4 Å². The van der Waals surface area contributed by atoms with Crippen LogP contribution in [0, 0.1) is 0 Å². The molecule has 7 nitrogen and oxygen atoms in total. The summed E-state index contributed by atoms with van der Waals surface area (Å²) in [6.45, 7) is 2.89. The van der Waals surface area contributed by atoms with Crippen LogP contribution in [0.25, 0.3) is 0 Å². The lowest BCUT2D eigenvalue weighted by molar-refractivity contribution is 0.245. The first kappa shape index (κ1) is 19.9. The molecule has 27 heavy (non-hydrogen) atoms. The smallest absolute Gasteiger partial charge is 0.191 e. The molecule has 8 heteroatoms. The minimum absolute atomic E-state index is 0.0626. The van der Waals surface area contributed by atoms with E-state index in [4.69, 9.17) is 4.74 Å². The molecule has 2 heterocycles. The van der Waals surface area contributed by atoms with Gasteiger partial charge < -0.3 is 15.4 Å². The third kappa shape index (κ3) is 5.35. The van der Waals surface area contributed by atoms with Crippen molar-refractivity contribution < 1.29 is 13.2 Å². The van der Waals surface area contributed by atoms with Crippen molar-refractivity contribution in [2.24, 2.45) is 4.99 Å².